The van der Waals surface area contributed by atoms with Gasteiger partial charge in [-0.1, -0.05) is 48.5 Å². The smallest absolute Gasteiger partial charge is 0.0887 e. The molecule has 1 aliphatic rings. The second-order valence-corrected chi connectivity index (χ2v) is 4.92. The molecule has 94 valence electrons. The lowest BCUT2D eigenvalue weighted by atomic mass is 10.00. The summed E-state index contributed by atoms with van der Waals surface area (Å²) in [6, 6.07) is 21.0. The highest BCUT2D eigenvalue weighted by Crippen LogP contribution is 2.29. The fraction of sp³-hybridized carbons (Fsp3) is 0.235. The molecule has 2 nitrogen and oxygen atoms in total. The van der Waals surface area contributed by atoms with E-state index >= 15 is 0 Å². The molecular weight excluding hydrogens is 232 g/mol. The van der Waals surface area contributed by atoms with Crippen molar-refractivity contribution in [2.24, 2.45) is 0 Å². The Kier molecular flexibility index (Phi) is 3.20. The molecule has 2 heteroatoms. The average Bonchev–Trinajstić information content (AvgIpc) is 2.89. The van der Waals surface area contributed by atoms with E-state index in [1.165, 1.54) is 11.3 Å². The highest BCUT2D eigenvalue weighted by atomic mass is 15.1. The molecule has 19 heavy (non-hydrogen) atoms. The van der Waals surface area contributed by atoms with Gasteiger partial charge < -0.3 is 4.90 Å². The highest BCUT2D eigenvalue weighted by Gasteiger charge is 2.22. The van der Waals surface area contributed by atoms with Crippen molar-refractivity contribution in [2.75, 3.05) is 18.0 Å². The molecule has 0 saturated carbocycles. The number of hydrogen-bond donors (Lipinski definition) is 0. The highest BCUT2D eigenvalue weighted by molar-refractivity contribution is 5.58. The number of nitriles is 1. The number of fused-ring (bicyclic) bond motifs is 1. The van der Waals surface area contributed by atoms with E-state index in [1.54, 1.807) is 0 Å². The third-order valence-corrected chi connectivity index (χ3v) is 3.74. The molecule has 0 spiro atoms. The second-order valence-electron chi connectivity index (χ2n) is 4.92. The van der Waals surface area contributed by atoms with Gasteiger partial charge >= 0.3 is 0 Å². The zero-order valence-corrected chi connectivity index (χ0v) is 10.8. The second kappa shape index (κ2) is 5.16. The molecule has 2 aromatic rings. The van der Waals surface area contributed by atoms with Crippen molar-refractivity contribution < 1.29 is 0 Å². The first kappa shape index (κ1) is 11.8. The van der Waals surface area contributed by atoms with Gasteiger partial charge in [-0.15, -0.1) is 0 Å². The van der Waals surface area contributed by atoms with E-state index in [0.29, 0.717) is 0 Å². The van der Waals surface area contributed by atoms with E-state index in [1.807, 2.05) is 30.3 Å². The van der Waals surface area contributed by atoms with E-state index in [9.17, 15) is 5.26 Å². The summed E-state index contributed by atoms with van der Waals surface area (Å²) < 4.78 is 0. The summed E-state index contributed by atoms with van der Waals surface area (Å²) in [6.45, 7) is 1.79. The minimum absolute atomic E-state index is 0.0626. The Morgan fingerprint density at radius 3 is 2.58 bits per heavy atom. The number of para-hydroxylation sites is 1. The standard InChI is InChI=1S/C17H16N2/c18-12-16(14-6-2-1-3-7-14)13-19-11-10-15-8-4-5-9-17(15)19/h1-9,16H,10-11,13H2. The lowest BCUT2D eigenvalue weighted by Crippen LogP contribution is -2.26. The van der Waals surface area contributed by atoms with E-state index in [-0.39, 0.29) is 5.92 Å². The quantitative estimate of drug-likeness (QED) is 0.832. The van der Waals surface area contributed by atoms with Gasteiger partial charge in [0.25, 0.3) is 0 Å². The van der Waals surface area contributed by atoms with E-state index in [0.717, 1.165) is 25.1 Å². The van der Waals surface area contributed by atoms with Crippen molar-refractivity contribution in [2.45, 2.75) is 12.3 Å². The van der Waals surface area contributed by atoms with E-state index in [2.05, 4.69) is 35.2 Å². The van der Waals surface area contributed by atoms with Crippen LogP contribution in [0.4, 0.5) is 5.69 Å². The lowest BCUT2D eigenvalue weighted by Gasteiger charge is -2.22. The molecule has 0 N–H and O–H groups in total. The summed E-state index contributed by atoms with van der Waals surface area (Å²) in [6.07, 6.45) is 1.09. The molecule has 2 aromatic carbocycles. The Hall–Kier alpha value is -2.27. The van der Waals surface area contributed by atoms with Crippen molar-refractivity contribution in [3.63, 3.8) is 0 Å². The predicted octanol–water partition coefficient (Wildman–Crippen LogP) is 3.36. The summed E-state index contributed by atoms with van der Waals surface area (Å²) in [7, 11) is 0. The first-order valence-electron chi connectivity index (χ1n) is 6.66. The largest absolute Gasteiger partial charge is 0.369 e. The zero-order valence-electron chi connectivity index (χ0n) is 10.8. The summed E-state index contributed by atoms with van der Waals surface area (Å²) in [4.78, 5) is 2.33. The van der Waals surface area contributed by atoms with Crippen LogP contribution in [-0.4, -0.2) is 13.1 Å². The minimum Gasteiger partial charge on any atom is -0.369 e. The fourth-order valence-corrected chi connectivity index (χ4v) is 2.72. The van der Waals surface area contributed by atoms with Crippen LogP contribution in [-0.2, 0) is 6.42 Å². The molecule has 0 aliphatic carbocycles. The van der Waals surface area contributed by atoms with Gasteiger partial charge in [-0.05, 0) is 23.6 Å². The molecule has 3 rings (SSSR count). The molecule has 1 unspecified atom stereocenters. The molecular formula is C17H16N2. The van der Waals surface area contributed by atoms with Crippen molar-refractivity contribution >= 4 is 5.69 Å². The van der Waals surface area contributed by atoms with Gasteiger partial charge in [0.1, 0.15) is 0 Å². The number of hydrogen-bond acceptors (Lipinski definition) is 2. The van der Waals surface area contributed by atoms with E-state index in [4.69, 9.17) is 0 Å². The van der Waals surface area contributed by atoms with Crippen LogP contribution in [0.15, 0.2) is 54.6 Å². The summed E-state index contributed by atoms with van der Waals surface area (Å²) in [5.74, 6) is -0.0626. The van der Waals surface area contributed by atoms with Gasteiger partial charge in [0, 0.05) is 18.8 Å². The Balaban J connectivity index is 1.81. The van der Waals surface area contributed by atoms with Gasteiger partial charge in [0.05, 0.1) is 12.0 Å². The number of nitrogens with zero attached hydrogens (tertiary/aromatic N) is 2. The average molecular weight is 248 g/mol. The van der Waals surface area contributed by atoms with E-state index < -0.39 is 0 Å². The predicted molar refractivity (Wildman–Crippen MR) is 77.2 cm³/mol. The summed E-state index contributed by atoms with van der Waals surface area (Å²) in [5, 5.41) is 9.41. The third kappa shape index (κ3) is 2.32. The third-order valence-electron chi connectivity index (χ3n) is 3.74. The van der Waals surface area contributed by atoms with Gasteiger partial charge in [0.15, 0.2) is 0 Å². The molecule has 0 saturated heterocycles. The number of rotatable bonds is 3. The Labute approximate surface area is 113 Å². The molecule has 0 fully saturated rings. The molecule has 1 aliphatic heterocycles. The van der Waals surface area contributed by atoms with Crippen molar-refractivity contribution in [1.82, 2.24) is 0 Å². The number of benzene rings is 2. The van der Waals surface area contributed by atoms with Gasteiger partial charge in [0.2, 0.25) is 0 Å². The van der Waals surface area contributed by atoms with Crippen LogP contribution in [0.2, 0.25) is 0 Å². The minimum atomic E-state index is -0.0626. The zero-order chi connectivity index (χ0) is 13.1. The van der Waals surface area contributed by atoms with Crippen LogP contribution in [0.3, 0.4) is 0 Å². The Morgan fingerprint density at radius 1 is 1.05 bits per heavy atom. The first-order chi connectivity index (χ1) is 9.38. The Bertz CT molecular complexity index is 598. The summed E-state index contributed by atoms with van der Waals surface area (Å²) in [5.41, 5.74) is 3.79. The molecule has 1 atom stereocenters. The molecule has 1 heterocycles. The van der Waals surface area contributed by atoms with Crippen LogP contribution in [0.1, 0.15) is 17.0 Å². The normalized spacial score (nSPS) is 14.8. The van der Waals surface area contributed by atoms with Crippen LogP contribution in [0, 0.1) is 11.3 Å². The van der Waals surface area contributed by atoms with Crippen molar-refractivity contribution in [3.8, 4) is 6.07 Å². The maximum absolute atomic E-state index is 9.41. The maximum atomic E-state index is 9.41. The first-order valence-corrected chi connectivity index (χ1v) is 6.66. The molecule has 0 bridgehead atoms. The lowest BCUT2D eigenvalue weighted by molar-refractivity contribution is 0.761. The van der Waals surface area contributed by atoms with Crippen LogP contribution < -0.4 is 4.90 Å². The topological polar surface area (TPSA) is 27.0 Å². The van der Waals surface area contributed by atoms with Crippen molar-refractivity contribution in [1.29, 1.82) is 5.26 Å². The van der Waals surface area contributed by atoms with Crippen LogP contribution in [0.5, 0.6) is 0 Å². The monoisotopic (exact) mass is 248 g/mol. The number of anilines is 1. The molecule has 0 amide bonds. The SMILES string of the molecule is N#CC(CN1CCc2ccccc21)c1ccccc1. The van der Waals surface area contributed by atoms with Gasteiger partial charge in [-0.25, -0.2) is 0 Å². The van der Waals surface area contributed by atoms with Gasteiger partial charge in [-0.3, -0.25) is 0 Å². The van der Waals surface area contributed by atoms with Crippen molar-refractivity contribution in [3.05, 3.63) is 65.7 Å². The van der Waals surface area contributed by atoms with Crippen LogP contribution in [0.25, 0.3) is 0 Å². The molecule has 0 aromatic heterocycles. The van der Waals surface area contributed by atoms with Crippen LogP contribution >= 0.6 is 0 Å². The Morgan fingerprint density at radius 2 is 1.79 bits per heavy atom. The maximum Gasteiger partial charge on any atom is 0.0887 e. The van der Waals surface area contributed by atoms with Gasteiger partial charge in [-0.2, -0.15) is 5.26 Å². The molecule has 0 radical (unpaired) electrons. The summed E-state index contributed by atoms with van der Waals surface area (Å²) >= 11 is 0. The fourth-order valence-electron chi connectivity index (χ4n) is 2.72.